The quantitative estimate of drug-likeness (QED) is 0.639. The third kappa shape index (κ3) is 2.05. The highest BCUT2D eigenvalue weighted by atomic mass is 16.1. The molecular formula is C12H14O. The Kier molecular flexibility index (Phi) is 3.02. The zero-order valence-corrected chi connectivity index (χ0v) is 8.29. The van der Waals surface area contributed by atoms with E-state index in [2.05, 4.69) is 0 Å². The number of rotatable bonds is 1. The van der Waals surface area contributed by atoms with Crippen LogP contribution in [0.1, 0.15) is 25.0 Å². The van der Waals surface area contributed by atoms with Crippen molar-refractivity contribution in [1.82, 2.24) is 0 Å². The SMILES string of the molecule is C/C=C(\C)c1ccccc(=O)c1C. The van der Waals surface area contributed by atoms with E-state index in [1.807, 2.05) is 39.0 Å². The zero-order valence-electron chi connectivity index (χ0n) is 8.29. The molecule has 0 fully saturated rings. The molecule has 1 aromatic carbocycles. The highest BCUT2D eigenvalue weighted by Gasteiger charge is 1.99. The van der Waals surface area contributed by atoms with Crippen LogP contribution in [0.4, 0.5) is 0 Å². The summed E-state index contributed by atoms with van der Waals surface area (Å²) in [6.45, 7) is 5.86. The van der Waals surface area contributed by atoms with Crippen LogP contribution in [0.25, 0.3) is 5.57 Å². The minimum Gasteiger partial charge on any atom is -0.290 e. The molecule has 0 saturated carbocycles. The lowest BCUT2D eigenvalue weighted by atomic mass is 10.0. The first-order valence-corrected chi connectivity index (χ1v) is 4.40. The van der Waals surface area contributed by atoms with Crippen molar-refractivity contribution >= 4 is 5.57 Å². The molecule has 0 amide bonds. The van der Waals surface area contributed by atoms with Gasteiger partial charge in [-0.15, -0.1) is 0 Å². The molecule has 0 aliphatic carbocycles. The molecule has 0 saturated heterocycles. The largest absolute Gasteiger partial charge is 0.290 e. The number of allylic oxidation sites excluding steroid dienone is 2. The second-order valence-corrected chi connectivity index (χ2v) is 3.09. The van der Waals surface area contributed by atoms with Crippen LogP contribution < -0.4 is 5.43 Å². The first-order valence-electron chi connectivity index (χ1n) is 4.40. The predicted molar refractivity (Wildman–Crippen MR) is 56.8 cm³/mol. The summed E-state index contributed by atoms with van der Waals surface area (Å²) in [6.07, 6.45) is 2.02. The summed E-state index contributed by atoms with van der Waals surface area (Å²) >= 11 is 0. The van der Waals surface area contributed by atoms with Gasteiger partial charge in [-0.2, -0.15) is 0 Å². The van der Waals surface area contributed by atoms with Crippen LogP contribution in [0.3, 0.4) is 0 Å². The number of hydrogen-bond acceptors (Lipinski definition) is 1. The Hall–Kier alpha value is -1.37. The lowest BCUT2D eigenvalue weighted by Crippen LogP contribution is -2.01. The molecule has 0 aromatic heterocycles. The van der Waals surface area contributed by atoms with Crippen molar-refractivity contribution in [2.24, 2.45) is 0 Å². The second-order valence-electron chi connectivity index (χ2n) is 3.09. The molecule has 1 aromatic rings. The average molecular weight is 174 g/mol. The summed E-state index contributed by atoms with van der Waals surface area (Å²) in [5, 5.41) is 0. The van der Waals surface area contributed by atoms with E-state index in [-0.39, 0.29) is 5.43 Å². The summed E-state index contributed by atoms with van der Waals surface area (Å²) < 4.78 is 0. The third-order valence-corrected chi connectivity index (χ3v) is 2.25. The first-order chi connectivity index (χ1) is 6.16. The van der Waals surface area contributed by atoms with Crippen molar-refractivity contribution in [2.45, 2.75) is 20.8 Å². The monoisotopic (exact) mass is 174 g/mol. The van der Waals surface area contributed by atoms with Gasteiger partial charge < -0.3 is 0 Å². The van der Waals surface area contributed by atoms with Crippen molar-refractivity contribution in [1.29, 1.82) is 0 Å². The van der Waals surface area contributed by atoms with E-state index >= 15 is 0 Å². The van der Waals surface area contributed by atoms with Gasteiger partial charge in [0.2, 0.25) is 0 Å². The predicted octanol–water partition coefficient (Wildman–Crippen LogP) is 2.78. The fourth-order valence-electron chi connectivity index (χ4n) is 1.26. The van der Waals surface area contributed by atoms with Crippen molar-refractivity contribution < 1.29 is 0 Å². The van der Waals surface area contributed by atoms with Gasteiger partial charge in [0.15, 0.2) is 5.43 Å². The second kappa shape index (κ2) is 4.04. The van der Waals surface area contributed by atoms with Crippen LogP contribution in [-0.4, -0.2) is 0 Å². The highest BCUT2D eigenvalue weighted by molar-refractivity contribution is 5.65. The Labute approximate surface area is 78.7 Å². The van der Waals surface area contributed by atoms with E-state index in [4.69, 9.17) is 0 Å². The van der Waals surface area contributed by atoms with Crippen LogP contribution in [0.15, 0.2) is 35.1 Å². The fourth-order valence-corrected chi connectivity index (χ4v) is 1.26. The van der Waals surface area contributed by atoms with Crippen LogP contribution in [0.2, 0.25) is 0 Å². The van der Waals surface area contributed by atoms with Gasteiger partial charge in [0, 0.05) is 5.56 Å². The lowest BCUT2D eigenvalue weighted by Gasteiger charge is -1.99. The zero-order chi connectivity index (χ0) is 9.84. The maximum atomic E-state index is 11.4. The van der Waals surface area contributed by atoms with Gasteiger partial charge in [0.25, 0.3) is 0 Å². The first kappa shape index (κ1) is 9.72. The van der Waals surface area contributed by atoms with Crippen LogP contribution in [0.5, 0.6) is 0 Å². The Bertz CT molecular complexity index is 389. The molecule has 1 heteroatoms. The van der Waals surface area contributed by atoms with E-state index in [0.717, 1.165) is 16.7 Å². The molecule has 0 N–H and O–H groups in total. The standard InChI is InChI=1S/C12H14O/c1-4-9(2)11-7-5-6-8-12(13)10(11)3/h4-8H,1-3H3/b9-4+. The number of hydrogen-bond donors (Lipinski definition) is 0. The minimum absolute atomic E-state index is 0.0983. The fraction of sp³-hybridized carbons (Fsp3) is 0.250. The van der Waals surface area contributed by atoms with Crippen LogP contribution in [-0.2, 0) is 0 Å². The normalized spacial score (nSPS) is 11.5. The Morgan fingerprint density at radius 2 is 1.92 bits per heavy atom. The molecule has 0 spiro atoms. The van der Waals surface area contributed by atoms with Crippen molar-refractivity contribution in [3.8, 4) is 0 Å². The van der Waals surface area contributed by atoms with Crippen LogP contribution >= 0.6 is 0 Å². The van der Waals surface area contributed by atoms with Gasteiger partial charge in [0.05, 0.1) is 0 Å². The molecule has 0 radical (unpaired) electrons. The molecule has 0 aliphatic heterocycles. The van der Waals surface area contributed by atoms with Gasteiger partial charge in [-0.25, -0.2) is 0 Å². The van der Waals surface area contributed by atoms with Crippen molar-refractivity contribution in [3.63, 3.8) is 0 Å². The maximum absolute atomic E-state index is 11.4. The molecule has 68 valence electrons. The molecular weight excluding hydrogens is 160 g/mol. The van der Waals surface area contributed by atoms with Gasteiger partial charge in [-0.3, -0.25) is 4.79 Å². The molecule has 0 unspecified atom stereocenters. The van der Waals surface area contributed by atoms with E-state index in [1.54, 1.807) is 12.1 Å². The van der Waals surface area contributed by atoms with Gasteiger partial charge in [-0.05, 0) is 38.0 Å². The summed E-state index contributed by atoms with van der Waals surface area (Å²) in [5.41, 5.74) is 3.10. The molecule has 0 atom stereocenters. The van der Waals surface area contributed by atoms with Gasteiger partial charge in [-0.1, -0.05) is 24.3 Å². The topological polar surface area (TPSA) is 17.1 Å². The van der Waals surface area contributed by atoms with Crippen molar-refractivity contribution in [2.75, 3.05) is 0 Å². The molecule has 1 rings (SSSR count). The van der Waals surface area contributed by atoms with E-state index in [1.165, 1.54) is 0 Å². The summed E-state index contributed by atoms with van der Waals surface area (Å²) in [5.74, 6) is 0. The minimum atomic E-state index is 0.0983. The van der Waals surface area contributed by atoms with E-state index < -0.39 is 0 Å². The molecule has 0 bridgehead atoms. The Balaban J connectivity index is 3.50. The molecule has 1 nitrogen and oxygen atoms in total. The molecule has 13 heavy (non-hydrogen) atoms. The summed E-state index contributed by atoms with van der Waals surface area (Å²) in [6, 6.07) is 7.26. The maximum Gasteiger partial charge on any atom is 0.182 e. The Morgan fingerprint density at radius 3 is 2.54 bits per heavy atom. The molecule has 0 heterocycles. The van der Waals surface area contributed by atoms with E-state index in [0.29, 0.717) is 0 Å². The third-order valence-electron chi connectivity index (χ3n) is 2.25. The lowest BCUT2D eigenvalue weighted by molar-refractivity contribution is 1.38. The Morgan fingerprint density at radius 1 is 1.31 bits per heavy atom. The van der Waals surface area contributed by atoms with Gasteiger partial charge >= 0.3 is 0 Å². The summed E-state index contributed by atoms with van der Waals surface area (Å²) in [4.78, 5) is 11.4. The van der Waals surface area contributed by atoms with E-state index in [9.17, 15) is 4.79 Å². The highest BCUT2D eigenvalue weighted by Crippen LogP contribution is 2.13. The van der Waals surface area contributed by atoms with Crippen molar-refractivity contribution in [3.05, 3.63) is 51.7 Å². The van der Waals surface area contributed by atoms with Crippen LogP contribution in [0, 0.1) is 6.92 Å². The average Bonchev–Trinajstić information content (AvgIpc) is 2.29. The summed E-state index contributed by atoms with van der Waals surface area (Å²) in [7, 11) is 0. The smallest absolute Gasteiger partial charge is 0.182 e. The molecule has 0 aliphatic rings. The van der Waals surface area contributed by atoms with Gasteiger partial charge in [0.1, 0.15) is 0 Å².